The molecule has 1 heterocycles. The molecule has 0 unspecified atom stereocenters. The maximum atomic E-state index is 12.8. The highest BCUT2D eigenvalue weighted by molar-refractivity contribution is 5.90. The van der Waals surface area contributed by atoms with Gasteiger partial charge >= 0.3 is 0 Å². The number of rotatable bonds is 7. The summed E-state index contributed by atoms with van der Waals surface area (Å²) in [5.41, 5.74) is 2.93. The van der Waals surface area contributed by atoms with Gasteiger partial charge < -0.3 is 24.4 Å². The average molecular weight is 463 g/mol. The van der Waals surface area contributed by atoms with Gasteiger partial charge in [-0.3, -0.25) is 9.59 Å². The van der Waals surface area contributed by atoms with Gasteiger partial charge in [0.2, 0.25) is 17.6 Å². The standard InChI is InChI=1S/C27H30N2O5/c1-28-27(31)21-9-10-29(16-21)25(30)12-17-5-6-19-13-20(8-7-18(19)11-17)22-14-23(32-2)26(34-4)24(15-22)33-3/h5-8,11,13-15,21H,9-10,12,16H2,1-4H3,(H,28,31)/t21-/m1/s1. The molecule has 1 N–H and O–H groups in total. The summed E-state index contributed by atoms with van der Waals surface area (Å²) in [6.07, 6.45) is 1.04. The lowest BCUT2D eigenvalue weighted by Gasteiger charge is -2.16. The van der Waals surface area contributed by atoms with E-state index >= 15 is 0 Å². The summed E-state index contributed by atoms with van der Waals surface area (Å²) < 4.78 is 16.4. The Bertz CT molecular complexity index is 1200. The zero-order chi connectivity index (χ0) is 24.2. The summed E-state index contributed by atoms with van der Waals surface area (Å²) >= 11 is 0. The zero-order valence-electron chi connectivity index (χ0n) is 20.0. The molecule has 178 valence electrons. The Hall–Kier alpha value is -3.74. The number of fused-ring (bicyclic) bond motifs is 1. The molecule has 34 heavy (non-hydrogen) atoms. The molecule has 4 rings (SSSR count). The van der Waals surface area contributed by atoms with Crippen molar-refractivity contribution in [2.75, 3.05) is 41.5 Å². The summed E-state index contributed by atoms with van der Waals surface area (Å²) in [4.78, 5) is 26.4. The predicted octanol–water partition coefficient (Wildman–Crippen LogP) is 3.67. The quantitative estimate of drug-likeness (QED) is 0.580. The van der Waals surface area contributed by atoms with Gasteiger partial charge in [-0.15, -0.1) is 0 Å². The highest BCUT2D eigenvalue weighted by Crippen LogP contribution is 2.41. The summed E-state index contributed by atoms with van der Waals surface area (Å²) in [5.74, 6) is 1.71. The SMILES string of the molecule is CNC(=O)[C@@H]1CCN(C(=O)Cc2ccc3cc(-c4cc(OC)c(OC)c(OC)c4)ccc3c2)C1. The van der Waals surface area contributed by atoms with Crippen LogP contribution >= 0.6 is 0 Å². The maximum Gasteiger partial charge on any atom is 0.227 e. The minimum atomic E-state index is -0.112. The van der Waals surface area contributed by atoms with E-state index in [0.29, 0.717) is 43.2 Å². The van der Waals surface area contributed by atoms with Crippen molar-refractivity contribution in [2.45, 2.75) is 12.8 Å². The van der Waals surface area contributed by atoms with Crippen molar-refractivity contribution in [3.05, 3.63) is 54.1 Å². The number of likely N-dealkylation sites (tertiary alicyclic amines) is 1. The number of hydrogen-bond donors (Lipinski definition) is 1. The topological polar surface area (TPSA) is 77.1 Å². The van der Waals surface area contributed by atoms with Gasteiger partial charge in [0.25, 0.3) is 0 Å². The molecule has 1 fully saturated rings. The molecule has 2 amide bonds. The van der Waals surface area contributed by atoms with Gasteiger partial charge in [-0.2, -0.15) is 0 Å². The Balaban J connectivity index is 1.54. The fourth-order valence-electron chi connectivity index (χ4n) is 4.52. The first kappa shape index (κ1) is 23.4. The molecule has 0 radical (unpaired) electrons. The number of ether oxygens (including phenoxy) is 3. The van der Waals surface area contributed by atoms with Crippen molar-refractivity contribution in [3.63, 3.8) is 0 Å². The predicted molar refractivity (Wildman–Crippen MR) is 131 cm³/mol. The van der Waals surface area contributed by atoms with Crippen molar-refractivity contribution in [1.29, 1.82) is 0 Å². The number of methoxy groups -OCH3 is 3. The van der Waals surface area contributed by atoms with Gasteiger partial charge in [0, 0.05) is 20.1 Å². The van der Waals surface area contributed by atoms with Crippen LogP contribution in [0, 0.1) is 5.92 Å². The van der Waals surface area contributed by atoms with Crippen molar-refractivity contribution < 1.29 is 23.8 Å². The number of carbonyl (C=O) groups excluding carboxylic acids is 2. The lowest BCUT2D eigenvalue weighted by molar-refractivity contribution is -0.130. The number of nitrogens with zero attached hydrogens (tertiary/aromatic N) is 1. The van der Waals surface area contributed by atoms with Crippen LogP contribution < -0.4 is 19.5 Å². The molecule has 0 bridgehead atoms. The van der Waals surface area contributed by atoms with E-state index in [1.54, 1.807) is 33.3 Å². The van der Waals surface area contributed by atoms with Gasteiger partial charge in [0.1, 0.15) is 0 Å². The summed E-state index contributed by atoms with van der Waals surface area (Å²) in [5, 5.41) is 4.81. The largest absolute Gasteiger partial charge is 0.493 e. The van der Waals surface area contributed by atoms with E-state index in [1.165, 1.54) is 0 Å². The molecule has 0 spiro atoms. The van der Waals surface area contributed by atoms with E-state index in [0.717, 1.165) is 27.5 Å². The first-order valence-corrected chi connectivity index (χ1v) is 11.3. The van der Waals surface area contributed by atoms with Crippen molar-refractivity contribution in [3.8, 4) is 28.4 Å². The second-order valence-corrected chi connectivity index (χ2v) is 8.43. The number of hydrogen-bond acceptors (Lipinski definition) is 5. The Morgan fingerprint density at radius 1 is 0.912 bits per heavy atom. The van der Waals surface area contributed by atoms with Crippen molar-refractivity contribution in [2.24, 2.45) is 5.92 Å². The monoisotopic (exact) mass is 462 g/mol. The second kappa shape index (κ2) is 10.0. The third-order valence-electron chi connectivity index (χ3n) is 6.42. The van der Waals surface area contributed by atoms with Gasteiger partial charge in [0.15, 0.2) is 11.5 Å². The van der Waals surface area contributed by atoms with E-state index in [2.05, 4.69) is 23.5 Å². The van der Waals surface area contributed by atoms with Crippen molar-refractivity contribution in [1.82, 2.24) is 10.2 Å². The third-order valence-corrected chi connectivity index (χ3v) is 6.42. The van der Waals surface area contributed by atoms with Crippen LogP contribution in [0.2, 0.25) is 0 Å². The lowest BCUT2D eigenvalue weighted by atomic mass is 9.98. The Morgan fingerprint density at radius 3 is 2.24 bits per heavy atom. The molecule has 1 aliphatic heterocycles. The lowest BCUT2D eigenvalue weighted by Crippen LogP contribution is -2.33. The molecule has 7 nitrogen and oxygen atoms in total. The van der Waals surface area contributed by atoms with E-state index in [9.17, 15) is 9.59 Å². The van der Waals surface area contributed by atoms with Crippen molar-refractivity contribution >= 4 is 22.6 Å². The zero-order valence-corrected chi connectivity index (χ0v) is 20.0. The van der Waals surface area contributed by atoms with Crippen LogP contribution in [0.4, 0.5) is 0 Å². The smallest absolute Gasteiger partial charge is 0.227 e. The van der Waals surface area contributed by atoms with Crippen LogP contribution in [0.3, 0.4) is 0 Å². The average Bonchev–Trinajstić information content (AvgIpc) is 3.37. The molecule has 1 aliphatic rings. The number of amides is 2. The number of carbonyl (C=O) groups is 2. The van der Waals surface area contributed by atoms with E-state index < -0.39 is 0 Å². The summed E-state index contributed by atoms with van der Waals surface area (Å²) in [6, 6.07) is 16.1. The molecule has 3 aromatic rings. The molecular weight excluding hydrogens is 432 g/mol. The number of nitrogens with one attached hydrogen (secondary N) is 1. The van der Waals surface area contributed by atoms with E-state index in [1.807, 2.05) is 30.3 Å². The van der Waals surface area contributed by atoms with Crippen LogP contribution in [0.5, 0.6) is 17.2 Å². The van der Waals surface area contributed by atoms with E-state index in [4.69, 9.17) is 14.2 Å². The summed E-state index contributed by atoms with van der Waals surface area (Å²) in [6.45, 7) is 1.12. The Labute approximate surface area is 199 Å². The van der Waals surface area contributed by atoms with Crippen LogP contribution in [-0.4, -0.2) is 58.2 Å². The summed E-state index contributed by atoms with van der Waals surface area (Å²) in [7, 11) is 6.42. The molecule has 0 aromatic heterocycles. The minimum Gasteiger partial charge on any atom is -0.493 e. The molecule has 7 heteroatoms. The van der Waals surface area contributed by atoms with Gasteiger partial charge in [-0.25, -0.2) is 0 Å². The first-order chi connectivity index (χ1) is 16.5. The molecule has 0 aliphatic carbocycles. The van der Waals surface area contributed by atoms with Crippen LogP contribution in [-0.2, 0) is 16.0 Å². The second-order valence-electron chi connectivity index (χ2n) is 8.43. The molecule has 1 atom stereocenters. The van der Waals surface area contributed by atoms with Gasteiger partial charge in [-0.05, 0) is 52.1 Å². The Kier molecular flexibility index (Phi) is 6.91. The highest BCUT2D eigenvalue weighted by Gasteiger charge is 2.30. The van der Waals surface area contributed by atoms with Crippen LogP contribution in [0.15, 0.2) is 48.5 Å². The van der Waals surface area contributed by atoms with Crippen LogP contribution in [0.1, 0.15) is 12.0 Å². The molecular formula is C27H30N2O5. The van der Waals surface area contributed by atoms with Crippen LogP contribution in [0.25, 0.3) is 21.9 Å². The molecule has 3 aromatic carbocycles. The fraction of sp³-hybridized carbons (Fsp3) is 0.333. The van der Waals surface area contributed by atoms with Gasteiger partial charge in [0.05, 0.1) is 33.7 Å². The molecule has 1 saturated heterocycles. The highest BCUT2D eigenvalue weighted by atomic mass is 16.5. The maximum absolute atomic E-state index is 12.8. The third kappa shape index (κ3) is 4.64. The minimum absolute atomic E-state index is 0.00362. The first-order valence-electron chi connectivity index (χ1n) is 11.3. The normalized spacial score (nSPS) is 15.3. The fourth-order valence-corrected chi connectivity index (χ4v) is 4.52. The Morgan fingerprint density at radius 2 is 1.59 bits per heavy atom. The van der Waals surface area contributed by atoms with E-state index in [-0.39, 0.29) is 17.7 Å². The number of benzene rings is 3. The van der Waals surface area contributed by atoms with Gasteiger partial charge in [-0.1, -0.05) is 30.3 Å². The molecule has 0 saturated carbocycles.